The van der Waals surface area contributed by atoms with Crippen molar-refractivity contribution in [3.05, 3.63) is 46.7 Å². The highest BCUT2D eigenvalue weighted by Crippen LogP contribution is 2.46. The summed E-state index contributed by atoms with van der Waals surface area (Å²) in [7, 11) is 0. The number of hydrogen-bond acceptors (Lipinski definition) is 5. The third-order valence-corrected chi connectivity index (χ3v) is 5.40. The van der Waals surface area contributed by atoms with Crippen LogP contribution in [0.2, 0.25) is 5.02 Å². The molecule has 0 unspecified atom stereocenters. The predicted octanol–water partition coefficient (Wildman–Crippen LogP) is 2.70. The Labute approximate surface area is 152 Å². The molecule has 7 heteroatoms. The Hall–Kier alpha value is -2.34. The number of nitrogens with one attached hydrogen (secondary N) is 1. The minimum atomic E-state index is -0.0325. The lowest BCUT2D eigenvalue weighted by Crippen LogP contribution is -2.57. The predicted molar refractivity (Wildman–Crippen MR) is 100 cm³/mol. The second-order valence-corrected chi connectivity index (χ2v) is 7.32. The van der Waals surface area contributed by atoms with Gasteiger partial charge in [0, 0.05) is 37.7 Å². The van der Waals surface area contributed by atoms with Gasteiger partial charge in [-0.15, -0.1) is 0 Å². The van der Waals surface area contributed by atoms with Crippen molar-refractivity contribution in [3.8, 4) is 0 Å². The number of anilines is 2. The maximum absolute atomic E-state index is 8.71. The lowest BCUT2D eigenvalue weighted by Gasteiger charge is -2.43. The molecule has 0 amide bonds. The second-order valence-electron chi connectivity index (χ2n) is 6.91. The molecule has 1 aromatic carbocycles. The van der Waals surface area contributed by atoms with Gasteiger partial charge in [-0.2, -0.15) is 0 Å². The standard InChI is InChI=1S/C18H21ClN6/c1-12-9-22-17(23-10-12)24-7-8-25(18(11-24)5-6-18)16(21)15-13(19)3-2-4-14(15)20/h2-4,9-10,21H,5-8,11,20H2,1H3. The van der Waals surface area contributed by atoms with E-state index >= 15 is 0 Å². The molecule has 4 rings (SSSR count). The fraction of sp³-hybridized carbons (Fsp3) is 0.389. The highest BCUT2D eigenvalue weighted by atomic mass is 35.5. The van der Waals surface area contributed by atoms with Crippen LogP contribution in [0, 0.1) is 12.3 Å². The Morgan fingerprint density at radius 2 is 1.96 bits per heavy atom. The van der Waals surface area contributed by atoms with Gasteiger partial charge < -0.3 is 15.5 Å². The van der Waals surface area contributed by atoms with E-state index in [-0.39, 0.29) is 5.54 Å². The summed E-state index contributed by atoms with van der Waals surface area (Å²) in [6.07, 6.45) is 5.81. The Morgan fingerprint density at radius 1 is 1.24 bits per heavy atom. The molecule has 2 aromatic rings. The van der Waals surface area contributed by atoms with Gasteiger partial charge in [0.1, 0.15) is 5.84 Å². The van der Waals surface area contributed by atoms with Gasteiger partial charge in [0.2, 0.25) is 5.95 Å². The molecule has 1 aliphatic heterocycles. The zero-order chi connectivity index (χ0) is 17.6. The molecule has 1 saturated carbocycles. The minimum absolute atomic E-state index is 0.0325. The molecule has 1 saturated heterocycles. The molecule has 1 aromatic heterocycles. The topological polar surface area (TPSA) is 82.1 Å². The molecular formula is C18H21ClN6. The number of nitrogens with zero attached hydrogens (tertiary/aromatic N) is 4. The molecule has 0 bridgehead atoms. The highest BCUT2D eigenvalue weighted by molar-refractivity contribution is 6.34. The number of nitrogen functional groups attached to an aromatic ring is 1. The molecule has 6 nitrogen and oxygen atoms in total. The van der Waals surface area contributed by atoms with E-state index < -0.39 is 0 Å². The van der Waals surface area contributed by atoms with Crippen molar-refractivity contribution in [2.45, 2.75) is 25.3 Å². The number of rotatable bonds is 2. The van der Waals surface area contributed by atoms with Crippen molar-refractivity contribution in [2.24, 2.45) is 0 Å². The number of aromatic nitrogens is 2. The van der Waals surface area contributed by atoms with E-state index in [0.29, 0.717) is 22.1 Å². The van der Waals surface area contributed by atoms with E-state index in [1.165, 1.54) is 0 Å². The molecule has 25 heavy (non-hydrogen) atoms. The monoisotopic (exact) mass is 356 g/mol. The average molecular weight is 357 g/mol. The van der Waals surface area contributed by atoms with Gasteiger partial charge >= 0.3 is 0 Å². The zero-order valence-electron chi connectivity index (χ0n) is 14.2. The first-order valence-electron chi connectivity index (χ1n) is 8.44. The summed E-state index contributed by atoms with van der Waals surface area (Å²) in [5.41, 5.74) is 8.30. The van der Waals surface area contributed by atoms with E-state index in [2.05, 4.69) is 19.8 Å². The largest absolute Gasteiger partial charge is 0.398 e. The first kappa shape index (κ1) is 16.1. The van der Waals surface area contributed by atoms with Crippen molar-refractivity contribution in [1.29, 1.82) is 5.41 Å². The number of hydrogen-bond donors (Lipinski definition) is 2. The van der Waals surface area contributed by atoms with Crippen molar-refractivity contribution in [3.63, 3.8) is 0 Å². The Morgan fingerprint density at radius 3 is 2.60 bits per heavy atom. The van der Waals surface area contributed by atoms with Crippen LogP contribution in [0.1, 0.15) is 24.0 Å². The van der Waals surface area contributed by atoms with Crippen LogP contribution >= 0.6 is 11.6 Å². The first-order chi connectivity index (χ1) is 12.0. The first-order valence-corrected chi connectivity index (χ1v) is 8.82. The lowest BCUT2D eigenvalue weighted by molar-refractivity contribution is 0.257. The van der Waals surface area contributed by atoms with Crippen molar-refractivity contribution >= 4 is 29.1 Å². The van der Waals surface area contributed by atoms with Crippen LogP contribution < -0.4 is 10.6 Å². The van der Waals surface area contributed by atoms with Crippen LogP contribution in [0.5, 0.6) is 0 Å². The normalized spacial score (nSPS) is 18.5. The van der Waals surface area contributed by atoms with Gasteiger partial charge in [-0.25, -0.2) is 9.97 Å². The van der Waals surface area contributed by atoms with Gasteiger partial charge in [-0.05, 0) is 37.5 Å². The molecule has 0 atom stereocenters. The number of piperazine rings is 1. The molecule has 2 aliphatic rings. The van der Waals surface area contributed by atoms with E-state index in [1.807, 2.05) is 25.4 Å². The van der Waals surface area contributed by atoms with Gasteiger partial charge in [0.25, 0.3) is 0 Å². The summed E-state index contributed by atoms with van der Waals surface area (Å²) in [5.74, 6) is 1.19. The van der Waals surface area contributed by atoms with Crippen molar-refractivity contribution in [1.82, 2.24) is 14.9 Å². The Bertz CT molecular complexity index is 795. The van der Waals surface area contributed by atoms with Crippen LogP contribution in [0.4, 0.5) is 11.6 Å². The molecule has 130 valence electrons. The number of benzene rings is 1. The summed E-state index contributed by atoms with van der Waals surface area (Å²) in [5, 5.41) is 9.24. The van der Waals surface area contributed by atoms with Gasteiger partial charge in [0.15, 0.2) is 0 Å². The van der Waals surface area contributed by atoms with Crippen LogP contribution in [0.15, 0.2) is 30.6 Å². The number of amidine groups is 1. The molecule has 2 fully saturated rings. The molecular weight excluding hydrogens is 336 g/mol. The quantitative estimate of drug-likeness (QED) is 0.491. The maximum atomic E-state index is 8.71. The van der Waals surface area contributed by atoms with Crippen LogP contribution in [0.3, 0.4) is 0 Å². The van der Waals surface area contributed by atoms with Gasteiger partial charge in [0.05, 0.1) is 16.1 Å². The summed E-state index contributed by atoms with van der Waals surface area (Å²) < 4.78 is 0. The third kappa shape index (κ3) is 2.80. The molecule has 1 aliphatic carbocycles. The number of aryl methyl sites for hydroxylation is 1. The van der Waals surface area contributed by atoms with Gasteiger partial charge in [-0.1, -0.05) is 17.7 Å². The van der Waals surface area contributed by atoms with E-state index in [4.69, 9.17) is 22.7 Å². The fourth-order valence-electron chi connectivity index (χ4n) is 3.54. The summed E-state index contributed by atoms with van der Waals surface area (Å²) in [4.78, 5) is 13.3. The van der Waals surface area contributed by atoms with E-state index in [9.17, 15) is 0 Å². The van der Waals surface area contributed by atoms with E-state index in [0.717, 1.165) is 44.0 Å². The molecule has 3 N–H and O–H groups in total. The van der Waals surface area contributed by atoms with Crippen molar-refractivity contribution in [2.75, 3.05) is 30.3 Å². The van der Waals surface area contributed by atoms with Crippen LogP contribution in [0.25, 0.3) is 0 Å². The smallest absolute Gasteiger partial charge is 0.225 e. The summed E-state index contributed by atoms with van der Waals surface area (Å²) in [6, 6.07) is 5.40. The van der Waals surface area contributed by atoms with E-state index in [1.54, 1.807) is 12.1 Å². The highest BCUT2D eigenvalue weighted by Gasteiger charge is 2.53. The minimum Gasteiger partial charge on any atom is -0.398 e. The van der Waals surface area contributed by atoms with Gasteiger partial charge in [-0.3, -0.25) is 5.41 Å². The fourth-order valence-corrected chi connectivity index (χ4v) is 3.82. The van der Waals surface area contributed by atoms with Crippen LogP contribution in [-0.2, 0) is 0 Å². The second kappa shape index (κ2) is 5.88. The lowest BCUT2D eigenvalue weighted by atomic mass is 10.1. The summed E-state index contributed by atoms with van der Waals surface area (Å²) in [6.45, 7) is 4.32. The Kier molecular flexibility index (Phi) is 3.80. The number of halogens is 1. The van der Waals surface area contributed by atoms with Crippen LogP contribution in [-0.4, -0.2) is 45.9 Å². The number of nitrogens with two attached hydrogens (primary N) is 1. The third-order valence-electron chi connectivity index (χ3n) is 5.08. The Balaban J connectivity index is 1.58. The SMILES string of the molecule is Cc1cnc(N2CCN(C(=N)c3c(N)cccc3Cl)C3(CC3)C2)nc1. The maximum Gasteiger partial charge on any atom is 0.225 e. The molecule has 1 spiro atoms. The van der Waals surface area contributed by atoms with Crippen molar-refractivity contribution < 1.29 is 0 Å². The zero-order valence-corrected chi connectivity index (χ0v) is 14.9. The summed E-state index contributed by atoms with van der Waals surface area (Å²) >= 11 is 6.32. The molecule has 0 radical (unpaired) electrons. The molecule has 2 heterocycles. The average Bonchev–Trinajstić information content (AvgIpc) is 3.34.